The molecule has 0 aromatic carbocycles. The molecule has 0 radical (unpaired) electrons. The molecule has 0 aliphatic carbocycles. The number of nitrogens with zero attached hydrogens (tertiary/aromatic N) is 3. The zero-order valence-corrected chi connectivity index (χ0v) is 10.6. The lowest BCUT2D eigenvalue weighted by Crippen LogP contribution is -2.34. The lowest BCUT2D eigenvalue weighted by atomic mass is 9.99. The van der Waals surface area contributed by atoms with Gasteiger partial charge in [-0.2, -0.15) is 0 Å². The van der Waals surface area contributed by atoms with Gasteiger partial charge in [-0.05, 0) is 18.8 Å². The van der Waals surface area contributed by atoms with Gasteiger partial charge in [0.15, 0.2) is 5.82 Å². The number of ether oxygens (including phenoxy) is 1. The number of rotatable bonds is 3. The van der Waals surface area contributed by atoms with Crippen molar-refractivity contribution < 1.29 is 14.6 Å². The number of anilines is 1. The zero-order chi connectivity index (χ0) is 13.1. The van der Waals surface area contributed by atoms with Crippen LogP contribution in [0.4, 0.5) is 5.82 Å². The van der Waals surface area contributed by atoms with Crippen LogP contribution in [-0.2, 0) is 0 Å². The van der Waals surface area contributed by atoms with E-state index in [1.165, 1.54) is 13.2 Å². The summed E-state index contributed by atoms with van der Waals surface area (Å²) in [5.41, 5.74) is 0.149. The molecular formula is C12H17N3O3. The number of carbonyl (C=O) groups is 1. The molecule has 1 fully saturated rings. The van der Waals surface area contributed by atoms with Crippen LogP contribution in [0.3, 0.4) is 0 Å². The highest BCUT2D eigenvalue weighted by atomic mass is 16.5. The van der Waals surface area contributed by atoms with Gasteiger partial charge >= 0.3 is 5.97 Å². The van der Waals surface area contributed by atoms with E-state index in [1.54, 1.807) is 0 Å². The van der Waals surface area contributed by atoms with Gasteiger partial charge in [0.1, 0.15) is 5.56 Å². The fraction of sp³-hybridized carbons (Fsp3) is 0.583. The molecular weight excluding hydrogens is 234 g/mol. The fourth-order valence-corrected chi connectivity index (χ4v) is 2.08. The second-order valence-electron chi connectivity index (χ2n) is 4.60. The van der Waals surface area contributed by atoms with Crippen molar-refractivity contribution in [2.24, 2.45) is 5.92 Å². The van der Waals surface area contributed by atoms with Crippen molar-refractivity contribution in [1.29, 1.82) is 0 Å². The monoisotopic (exact) mass is 251 g/mol. The average molecular weight is 251 g/mol. The molecule has 2 rings (SSSR count). The standard InChI is InChI=1S/C12H17N3O3/c1-8-3-5-15(6-4-8)11-9(12(16)17)7-10(18-2)13-14-11/h7-8H,3-6H2,1-2H3,(H,16,17). The van der Waals surface area contributed by atoms with Crippen molar-refractivity contribution in [2.75, 3.05) is 25.1 Å². The molecule has 1 aromatic heterocycles. The van der Waals surface area contributed by atoms with Crippen LogP contribution in [0, 0.1) is 5.92 Å². The van der Waals surface area contributed by atoms with Gasteiger partial charge < -0.3 is 14.7 Å². The fourth-order valence-electron chi connectivity index (χ4n) is 2.08. The van der Waals surface area contributed by atoms with E-state index in [-0.39, 0.29) is 11.4 Å². The molecule has 98 valence electrons. The predicted octanol–water partition coefficient (Wildman–Crippen LogP) is 1.42. The molecule has 2 heterocycles. The van der Waals surface area contributed by atoms with Gasteiger partial charge in [-0.3, -0.25) is 0 Å². The van der Waals surface area contributed by atoms with E-state index in [4.69, 9.17) is 4.74 Å². The van der Waals surface area contributed by atoms with Crippen molar-refractivity contribution in [3.05, 3.63) is 11.6 Å². The molecule has 1 aromatic rings. The summed E-state index contributed by atoms with van der Waals surface area (Å²) in [6.07, 6.45) is 2.10. The normalized spacial score (nSPS) is 16.7. The molecule has 0 saturated carbocycles. The zero-order valence-electron chi connectivity index (χ0n) is 10.6. The molecule has 1 N–H and O–H groups in total. The van der Waals surface area contributed by atoms with Gasteiger partial charge in [0.25, 0.3) is 0 Å². The molecule has 0 atom stereocenters. The van der Waals surface area contributed by atoms with Crippen LogP contribution < -0.4 is 9.64 Å². The van der Waals surface area contributed by atoms with Crippen LogP contribution in [0.25, 0.3) is 0 Å². The highest BCUT2D eigenvalue weighted by Gasteiger charge is 2.23. The molecule has 0 unspecified atom stereocenters. The number of piperidine rings is 1. The quantitative estimate of drug-likeness (QED) is 0.875. The molecule has 0 spiro atoms. The maximum absolute atomic E-state index is 11.2. The molecule has 1 saturated heterocycles. The number of aromatic nitrogens is 2. The summed E-state index contributed by atoms with van der Waals surface area (Å²) in [5.74, 6) is 0.342. The molecule has 0 bridgehead atoms. The lowest BCUT2D eigenvalue weighted by molar-refractivity contribution is 0.0696. The summed E-state index contributed by atoms with van der Waals surface area (Å²) in [5, 5.41) is 17.1. The first kappa shape index (κ1) is 12.6. The molecule has 0 amide bonds. The van der Waals surface area contributed by atoms with Gasteiger partial charge in [0, 0.05) is 19.2 Å². The summed E-state index contributed by atoms with van der Waals surface area (Å²) in [4.78, 5) is 13.2. The van der Waals surface area contributed by atoms with Crippen LogP contribution in [0.15, 0.2) is 6.07 Å². The Bertz CT molecular complexity index is 442. The summed E-state index contributed by atoms with van der Waals surface area (Å²) in [6.45, 7) is 3.85. The van der Waals surface area contributed by atoms with Crippen LogP contribution in [-0.4, -0.2) is 41.5 Å². The SMILES string of the molecule is COc1cc(C(=O)O)c(N2CCC(C)CC2)nn1. The summed E-state index contributed by atoms with van der Waals surface area (Å²) >= 11 is 0. The average Bonchev–Trinajstić information content (AvgIpc) is 2.39. The van der Waals surface area contributed by atoms with E-state index in [9.17, 15) is 9.90 Å². The Morgan fingerprint density at radius 3 is 2.67 bits per heavy atom. The van der Waals surface area contributed by atoms with Crippen molar-refractivity contribution in [2.45, 2.75) is 19.8 Å². The number of carboxylic acid groups (broad SMARTS) is 1. The predicted molar refractivity (Wildman–Crippen MR) is 66.2 cm³/mol. The first-order valence-electron chi connectivity index (χ1n) is 6.01. The number of methoxy groups -OCH3 is 1. The highest BCUT2D eigenvalue weighted by molar-refractivity contribution is 5.93. The Hall–Kier alpha value is -1.85. The molecule has 18 heavy (non-hydrogen) atoms. The Balaban J connectivity index is 2.29. The third kappa shape index (κ3) is 2.52. The minimum Gasteiger partial charge on any atom is -0.480 e. The van der Waals surface area contributed by atoms with Gasteiger partial charge in [0.05, 0.1) is 7.11 Å². The van der Waals surface area contributed by atoms with Gasteiger partial charge in [-0.1, -0.05) is 6.92 Å². The third-order valence-corrected chi connectivity index (χ3v) is 3.27. The highest BCUT2D eigenvalue weighted by Crippen LogP contribution is 2.25. The van der Waals surface area contributed by atoms with E-state index in [2.05, 4.69) is 17.1 Å². The molecule has 1 aliphatic heterocycles. The minimum atomic E-state index is -1.00. The summed E-state index contributed by atoms with van der Waals surface area (Å²) < 4.78 is 4.91. The van der Waals surface area contributed by atoms with Crippen molar-refractivity contribution in [1.82, 2.24) is 10.2 Å². The largest absolute Gasteiger partial charge is 0.480 e. The van der Waals surface area contributed by atoms with E-state index < -0.39 is 5.97 Å². The Morgan fingerprint density at radius 2 is 2.11 bits per heavy atom. The van der Waals surface area contributed by atoms with Gasteiger partial charge in [-0.15, -0.1) is 10.2 Å². The molecule has 6 nitrogen and oxygen atoms in total. The van der Waals surface area contributed by atoms with Crippen LogP contribution in [0.5, 0.6) is 5.88 Å². The lowest BCUT2D eigenvalue weighted by Gasteiger charge is -2.31. The third-order valence-electron chi connectivity index (χ3n) is 3.27. The van der Waals surface area contributed by atoms with Crippen molar-refractivity contribution in [3.8, 4) is 5.88 Å². The Kier molecular flexibility index (Phi) is 3.64. The topological polar surface area (TPSA) is 75.6 Å². The Morgan fingerprint density at radius 1 is 1.44 bits per heavy atom. The van der Waals surface area contributed by atoms with Crippen LogP contribution in [0.1, 0.15) is 30.1 Å². The second-order valence-corrected chi connectivity index (χ2v) is 4.60. The van der Waals surface area contributed by atoms with Crippen LogP contribution in [0.2, 0.25) is 0 Å². The van der Waals surface area contributed by atoms with E-state index >= 15 is 0 Å². The Labute approximate surface area is 106 Å². The minimum absolute atomic E-state index is 0.149. The van der Waals surface area contributed by atoms with Crippen molar-refractivity contribution in [3.63, 3.8) is 0 Å². The number of hydrogen-bond acceptors (Lipinski definition) is 5. The summed E-state index contributed by atoms with van der Waals surface area (Å²) in [6, 6.07) is 1.42. The van der Waals surface area contributed by atoms with E-state index in [0.29, 0.717) is 11.7 Å². The van der Waals surface area contributed by atoms with Crippen LogP contribution >= 0.6 is 0 Å². The first-order chi connectivity index (χ1) is 8.61. The first-order valence-corrected chi connectivity index (χ1v) is 6.01. The maximum Gasteiger partial charge on any atom is 0.339 e. The van der Waals surface area contributed by atoms with Gasteiger partial charge in [0.2, 0.25) is 5.88 Å². The molecule has 6 heteroatoms. The van der Waals surface area contributed by atoms with Gasteiger partial charge in [-0.25, -0.2) is 4.79 Å². The molecule has 1 aliphatic rings. The van der Waals surface area contributed by atoms with E-state index in [0.717, 1.165) is 25.9 Å². The maximum atomic E-state index is 11.2. The summed E-state index contributed by atoms with van der Waals surface area (Å²) in [7, 11) is 1.44. The van der Waals surface area contributed by atoms with E-state index in [1.807, 2.05) is 4.90 Å². The number of hydrogen-bond donors (Lipinski definition) is 1. The number of aromatic carboxylic acids is 1. The number of carboxylic acids is 1. The smallest absolute Gasteiger partial charge is 0.339 e. The second kappa shape index (κ2) is 5.20. The van der Waals surface area contributed by atoms with Crippen molar-refractivity contribution >= 4 is 11.8 Å².